The van der Waals surface area contributed by atoms with E-state index in [1.165, 1.54) is 17.1 Å². The molecule has 1 amide bonds. The fourth-order valence-corrected chi connectivity index (χ4v) is 2.04. The van der Waals surface area contributed by atoms with E-state index in [1.54, 1.807) is 0 Å². The Morgan fingerprint density at radius 3 is 2.96 bits per heavy atom. The van der Waals surface area contributed by atoms with Crippen LogP contribution in [0.3, 0.4) is 0 Å². The summed E-state index contributed by atoms with van der Waals surface area (Å²) in [7, 11) is 0. The molecule has 0 aliphatic carbocycles. The molecule has 2 N–H and O–H groups in total. The molecule has 0 spiro atoms. The molecule has 0 aliphatic heterocycles. The summed E-state index contributed by atoms with van der Waals surface area (Å²) in [5.74, 6) is -0.163. The third-order valence-corrected chi connectivity index (χ3v) is 3.19. The standard InChI is InChI=1S/C15H19N5O3/c1-2-16-9-12-4-3-5-13(8-12)18-15(21)6-7-19-11-14(10-17-19)20(22)23/h3-5,8,10-11,16H,2,6-7,9H2,1H3,(H,18,21). The van der Waals surface area contributed by atoms with Gasteiger partial charge in [0.15, 0.2) is 0 Å². The van der Waals surface area contributed by atoms with Gasteiger partial charge in [-0.2, -0.15) is 5.10 Å². The number of nitro groups is 1. The molecule has 0 saturated carbocycles. The first-order valence-corrected chi connectivity index (χ1v) is 7.35. The maximum atomic E-state index is 12.0. The van der Waals surface area contributed by atoms with Crippen LogP contribution in [0.4, 0.5) is 11.4 Å². The molecule has 0 fully saturated rings. The van der Waals surface area contributed by atoms with Crippen LogP contribution in [0.1, 0.15) is 18.9 Å². The number of nitrogens with one attached hydrogen (secondary N) is 2. The average molecular weight is 317 g/mol. The van der Waals surface area contributed by atoms with Crippen molar-refractivity contribution < 1.29 is 9.72 Å². The van der Waals surface area contributed by atoms with Crippen LogP contribution in [0, 0.1) is 10.1 Å². The van der Waals surface area contributed by atoms with Crippen molar-refractivity contribution in [1.29, 1.82) is 0 Å². The number of hydrogen-bond donors (Lipinski definition) is 2. The summed E-state index contributed by atoms with van der Waals surface area (Å²) in [5, 5.41) is 20.5. The molecule has 1 heterocycles. The van der Waals surface area contributed by atoms with Crippen LogP contribution in [0.2, 0.25) is 0 Å². The molecule has 1 aromatic carbocycles. The van der Waals surface area contributed by atoms with E-state index in [2.05, 4.69) is 15.7 Å². The first kappa shape index (κ1) is 16.6. The normalized spacial score (nSPS) is 10.5. The van der Waals surface area contributed by atoms with Crippen molar-refractivity contribution in [2.45, 2.75) is 26.4 Å². The highest BCUT2D eigenvalue weighted by Crippen LogP contribution is 2.12. The smallest absolute Gasteiger partial charge is 0.306 e. The number of aryl methyl sites for hydroxylation is 1. The second kappa shape index (κ2) is 8.04. The third kappa shape index (κ3) is 5.19. The molecule has 0 unspecified atom stereocenters. The van der Waals surface area contributed by atoms with E-state index in [9.17, 15) is 14.9 Å². The molecule has 2 aromatic rings. The number of aromatic nitrogens is 2. The van der Waals surface area contributed by atoms with Crippen LogP contribution < -0.4 is 10.6 Å². The lowest BCUT2D eigenvalue weighted by atomic mass is 10.2. The lowest BCUT2D eigenvalue weighted by Crippen LogP contribution is -2.15. The number of amides is 1. The molecule has 0 aliphatic rings. The third-order valence-electron chi connectivity index (χ3n) is 3.19. The maximum Gasteiger partial charge on any atom is 0.306 e. The number of anilines is 1. The van der Waals surface area contributed by atoms with Crippen LogP contribution in [-0.4, -0.2) is 27.2 Å². The van der Waals surface area contributed by atoms with E-state index < -0.39 is 4.92 Å². The Balaban J connectivity index is 1.85. The summed E-state index contributed by atoms with van der Waals surface area (Å²) >= 11 is 0. The van der Waals surface area contributed by atoms with E-state index in [-0.39, 0.29) is 24.6 Å². The molecule has 0 bridgehead atoms. The Labute approximate surface area is 133 Å². The van der Waals surface area contributed by atoms with E-state index in [0.29, 0.717) is 0 Å². The number of carbonyl (C=O) groups is 1. The molecule has 1 aromatic heterocycles. The Hall–Kier alpha value is -2.74. The summed E-state index contributed by atoms with van der Waals surface area (Å²) in [6.07, 6.45) is 2.67. The molecule has 8 heteroatoms. The summed E-state index contributed by atoms with van der Waals surface area (Å²) in [6.45, 7) is 3.95. The van der Waals surface area contributed by atoms with Crippen molar-refractivity contribution >= 4 is 17.3 Å². The van der Waals surface area contributed by atoms with E-state index in [4.69, 9.17) is 0 Å². The van der Waals surface area contributed by atoms with Crippen molar-refractivity contribution in [2.24, 2.45) is 0 Å². The zero-order chi connectivity index (χ0) is 16.7. The van der Waals surface area contributed by atoms with E-state index in [1.807, 2.05) is 31.2 Å². The summed E-state index contributed by atoms with van der Waals surface area (Å²) in [5.41, 5.74) is 1.74. The molecular weight excluding hydrogens is 298 g/mol. The minimum absolute atomic E-state index is 0.0819. The van der Waals surface area contributed by atoms with Crippen LogP contribution in [0.25, 0.3) is 0 Å². The average Bonchev–Trinajstić information content (AvgIpc) is 3.00. The topological polar surface area (TPSA) is 102 Å². The first-order chi connectivity index (χ1) is 11.1. The van der Waals surface area contributed by atoms with Gasteiger partial charge in [-0.05, 0) is 24.2 Å². The van der Waals surface area contributed by atoms with Crippen molar-refractivity contribution in [3.8, 4) is 0 Å². The van der Waals surface area contributed by atoms with Gasteiger partial charge in [-0.15, -0.1) is 0 Å². The van der Waals surface area contributed by atoms with Crippen molar-refractivity contribution in [2.75, 3.05) is 11.9 Å². The lowest BCUT2D eigenvalue weighted by molar-refractivity contribution is -0.385. The Bertz CT molecular complexity index is 683. The minimum Gasteiger partial charge on any atom is -0.326 e. The second-order valence-corrected chi connectivity index (χ2v) is 5.00. The highest BCUT2D eigenvalue weighted by molar-refractivity contribution is 5.90. The van der Waals surface area contributed by atoms with Gasteiger partial charge < -0.3 is 10.6 Å². The van der Waals surface area contributed by atoms with Crippen LogP contribution >= 0.6 is 0 Å². The number of rotatable bonds is 8. The predicted octanol–water partition coefficient (Wildman–Crippen LogP) is 1.93. The number of nitrogens with zero attached hydrogens (tertiary/aromatic N) is 3. The predicted molar refractivity (Wildman–Crippen MR) is 86.0 cm³/mol. The van der Waals surface area contributed by atoms with Gasteiger partial charge >= 0.3 is 5.69 Å². The molecule has 0 radical (unpaired) electrons. The molecule has 0 saturated heterocycles. The van der Waals surface area contributed by atoms with Crippen LogP contribution in [-0.2, 0) is 17.9 Å². The monoisotopic (exact) mass is 317 g/mol. The quantitative estimate of drug-likeness (QED) is 0.572. The zero-order valence-electron chi connectivity index (χ0n) is 12.9. The number of benzene rings is 1. The van der Waals surface area contributed by atoms with Gasteiger partial charge in [0.25, 0.3) is 0 Å². The molecule has 23 heavy (non-hydrogen) atoms. The van der Waals surface area contributed by atoms with E-state index >= 15 is 0 Å². The summed E-state index contributed by atoms with van der Waals surface area (Å²) < 4.78 is 1.39. The lowest BCUT2D eigenvalue weighted by Gasteiger charge is -2.08. The van der Waals surface area contributed by atoms with Gasteiger partial charge in [0, 0.05) is 25.2 Å². The first-order valence-electron chi connectivity index (χ1n) is 7.35. The van der Waals surface area contributed by atoms with Gasteiger partial charge in [0.1, 0.15) is 12.4 Å². The highest BCUT2D eigenvalue weighted by atomic mass is 16.6. The molecule has 2 rings (SSSR count). The Morgan fingerprint density at radius 2 is 2.26 bits per heavy atom. The molecular formula is C15H19N5O3. The minimum atomic E-state index is -0.514. The Kier molecular flexibility index (Phi) is 5.81. The largest absolute Gasteiger partial charge is 0.326 e. The highest BCUT2D eigenvalue weighted by Gasteiger charge is 2.10. The van der Waals surface area contributed by atoms with Gasteiger partial charge in [-0.25, -0.2) is 0 Å². The number of hydrogen-bond acceptors (Lipinski definition) is 5. The maximum absolute atomic E-state index is 12.0. The van der Waals surface area contributed by atoms with Gasteiger partial charge in [-0.1, -0.05) is 19.1 Å². The van der Waals surface area contributed by atoms with Gasteiger partial charge in [-0.3, -0.25) is 19.6 Å². The molecule has 122 valence electrons. The van der Waals surface area contributed by atoms with Crippen molar-refractivity contribution in [1.82, 2.24) is 15.1 Å². The summed E-state index contributed by atoms with van der Waals surface area (Å²) in [4.78, 5) is 22.0. The second-order valence-electron chi connectivity index (χ2n) is 5.00. The van der Waals surface area contributed by atoms with E-state index in [0.717, 1.165) is 24.3 Å². The zero-order valence-corrected chi connectivity index (χ0v) is 12.9. The molecule has 8 nitrogen and oxygen atoms in total. The van der Waals surface area contributed by atoms with Crippen LogP contribution in [0.15, 0.2) is 36.7 Å². The Morgan fingerprint density at radius 1 is 1.43 bits per heavy atom. The SMILES string of the molecule is CCNCc1cccc(NC(=O)CCn2cc([N+](=O)[O-])cn2)c1. The van der Waals surface area contributed by atoms with Gasteiger partial charge in [0.05, 0.1) is 4.92 Å². The summed E-state index contributed by atoms with van der Waals surface area (Å²) in [6, 6.07) is 7.62. The van der Waals surface area contributed by atoms with Crippen LogP contribution in [0.5, 0.6) is 0 Å². The van der Waals surface area contributed by atoms with Gasteiger partial charge in [0.2, 0.25) is 5.91 Å². The molecule has 0 atom stereocenters. The fourth-order valence-electron chi connectivity index (χ4n) is 2.04. The number of carbonyl (C=O) groups excluding carboxylic acids is 1. The van der Waals surface area contributed by atoms with Crippen molar-refractivity contribution in [3.05, 3.63) is 52.3 Å². The fraction of sp³-hybridized carbons (Fsp3) is 0.333. The van der Waals surface area contributed by atoms with Crippen molar-refractivity contribution in [3.63, 3.8) is 0 Å².